The Labute approximate surface area is 117 Å². The van der Waals surface area contributed by atoms with Gasteiger partial charge in [0.1, 0.15) is 0 Å². The molecular formula is C19H26. The Hall–Kier alpha value is -1.04. The fourth-order valence-corrected chi connectivity index (χ4v) is 4.94. The Balaban J connectivity index is 2.05. The summed E-state index contributed by atoms with van der Waals surface area (Å²) >= 11 is 0. The molecule has 1 aromatic rings. The number of allylic oxidation sites excluding steroid dienone is 1. The minimum absolute atomic E-state index is 0.397. The zero-order chi connectivity index (χ0) is 13.7. The normalized spacial score (nSPS) is 37.1. The van der Waals surface area contributed by atoms with E-state index in [2.05, 4.69) is 57.7 Å². The molecule has 3 rings (SSSR count). The molecule has 19 heavy (non-hydrogen) atoms. The average molecular weight is 254 g/mol. The number of fused-ring (bicyclic) bond motifs is 2. The van der Waals surface area contributed by atoms with Crippen LogP contribution in [-0.2, 0) is 5.41 Å². The van der Waals surface area contributed by atoms with Crippen molar-refractivity contribution < 1.29 is 0 Å². The highest BCUT2D eigenvalue weighted by Gasteiger charge is 2.49. The van der Waals surface area contributed by atoms with Gasteiger partial charge >= 0.3 is 0 Å². The van der Waals surface area contributed by atoms with Gasteiger partial charge in [0.2, 0.25) is 0 Å². The third-order valence-corrected chi connectivity index (χ3v) is 5.49. The Morgan fingerprint density at radius 2 is 1.74 bits per heavy atom. The first-order valence-electron chi connectivity index (χ1n) is 7.66. The van der Waals surface area contributed by atoms with Gasteiger partial charge in [-0.2, -0.15) is 0 Å². The Morgan fingerprint density at radius 3 is 2.42 bits per heavy atom. The summed E-state index contributed by atoms with van der Waals surface area (Å²) in [7, 11) is 0. The molecule has 0 amide bonds. The lowest BCUT2D eigenvalue weighted by Crippen LogP contribution is -2.46. The summed E-state index contributed by atoms with van der Waals surface area (Å²) in [6, 6.07) is 11.2. The van der Waals surface area contributed by atoms with Crippen LogP contribution in [0.2, 0.25) is 0 Å². The minimum atomic E-state index is 0.397. The largest absolute Gasteiger partial charge is 0.0993 e. The third kappa shape index (κ3) is 2.16. The standard InChI is InChI=1S/C19H26/c1-14-10-19(17-8-6-5-7-9-17)12-16(15(14)2)11-18(3,4)13-19/h5-9,14,16H,2,10-13H2,1,3-4H3. The maximum atomic E-state index is 4.41. The molecule has 0 nitrogen and oxygen atoms in total. The van der Waals surface area contributed by atoms with Crippen molar-refractivity contribution in [2.75, 3.05) is 0 Å². The van der Waals surface area contributed by atoms with Crippen molar-refractivity contribution in [3.8, 4) is 0 Å². The maximum absolute atomic E-state index is 4.41. The van der Waals surface area contributed by atoms with Crippen molar-refractivity contribution in [3.63, 3.8) is 0 Å². The Morgan fingerprint density at radius 1 is 1.05 bits per heavy atom. The van der Waals surface area contributed by atoms with Crippen molar-refractivity contribution in [1.82, 2.24) is 0 Å². The first-order valence-corrected chi connectivity index (χ1v) is 7.66. The van der Waals surface area contributed by atoms with Crippen LogP contribution in [0.15, 0.2) is 42.5 Å². The molecule has 0 saturated heterocycles. The Kier molecular flexibility index (Phi) is 2.89. The lowest BCUT2D eigenvalue weighted by Gasteiger charge is -2.55. The molecule has 0 spiro atoms. The van der Waals surface area contributed by atoms with E-state index in [1.165, 1.54) is 31.3 Å². The van der Waals surface area contributed by atoms with Crippen molar-refractivity contribution in [2.45, 2.75) is 51.9 Å². The van der Waals surface area contributed by atoms with Gasteiger partial charge in [-0.1, -0.05) is 63.3 Å². The number of hydrogen-bond donors (Lipinski definition) is 0. The summed E-state index contributed by atoms with van der Waals surface area (Å²) in [5.74, 6) is 1.41. The highest BCUT2D eigenvalue weighted by atomic mass is 14.5. The van der Waals surface area contributed by atoms with E-state index in [0.717, 1.165) is 5.92 Å². The van der Waals surface area contributed by atoms with Crippen molar-refractivity contribution in [1.29, 1.82) is 0 Å². The van der Waals surface area contributed by atoms with E-state index >= 15 is 0 Å². The topological polar surface area (TPSA) is 0 Å². The number of hydrogen-bond acceptors (Lipinski definition) is 0. The highest BCUT2D eigenvalue weighted by Crippen LogP contribution is 2.58. The fourth-order valence-electron chi connectivity index (χ4n) is 4.94. The number of benzene rings is 1. The van der Waals surface area contributed by atoms with Gasteiger partial charge in [0.15, 0.2) is 0 Å². The second-order valence-electron chi connectivity index (χ2n) is 7.77. The molecule has 2 aliphatic rings. The molecule has 0 heteroatoms. The molecule has 102 valence electrons. The quantitative estimate of drug-likeness (QED) is 0.593. The fraction of sp³-hybridized carbons (Fsp3) is 0.579. The predicted octanol–water partition coefficient (Wildman–Crippen LogP) is 5.35. The average Bonchev–Trinajstić information content (AvgIpc) is 2.35. The molecule has 0 aromatic heterocycles. The van der Waals surface area contributed by atoms with Gasteiger partial charge in [0, 0.05) is 0 Å². The molecule has 0 radical (unpaired) electrons. The van der Waals surface area contributed by atoms with Crippen molar-refractivity contribution >= 4 is 0 Å². The molecule has 0 heterocycles. The van der Waals surface area contributed by atoms with E-state index in [1.54, 1.807) is 5.56 Å². The van der Waals surface area contributed by atoms with Crippen LogP contribution >= 0.6 is 0 Å². The van der Waals surface area contributed by atoms with E-state index in [-0.39, 0.29) is 0 Å². The van der Waals surface area contributed by atoms with Crippen LogP contribution in [0.3, 0.4) is 0 Å². The second kappa shape index (κ2) is 4.23. The number of rotatable bonds is 1. The van der Waals surface area contributed by atoms with Gasteiger partial charge in [-0.25, -0.2) is 0 Å². The van der Waals surface area contributed by atoms with Crippen LogP contribution in [-0.4, -0.2) is 0 Å². The molecule has 3 unspecified atom stereocenters. The van der Waals surface area contributed by atoms with Crippen LogP contribution < -0.4 is 0 Å². The predicted molar refractivity (Wildman–Crippen MR) is 82.2 cm³/mol. The van der Waals surface area contributed by atoms with Crippen LogP contribution in [0.1, 0.15) is 52.0 Å². The first kappa shape index (κ1) is 13.0. The van der Waals surface area contributed by atoms with E-state index in [0.29, 0.717) is 16.7 Å². The summed E-state index contributed by atoms with van der Waals surface area (Å²) in [5, 5.41) is 0. The smallest absolute Gasteiger partial charge is 0.00306 e. The van der Waals surface area contributed by atoms with E-state index in [9.17, 15) is 0 Å². The van der Waals surface area contributed by atoms with Crippen LogP contribution in [0.4, 0.5) is 0 Å². The first-order chi connectivity index (χ1) is 8.92. The summed E-state index contributed by atoms with van der Waals surface area (Å²) in [4.78, 5) is 0. The van der Waals surface area contributed by atoms with Gasteiger partial charge in [-0.05, 0) is 53.9 Å². The summed E-state index contributed by atoms with van der Waals surface area (Å²) in [6.07, 6.45) is 5.27. The lowest BCUT2D eigenvalue weighted by molar-refractivity contribution is 0.0662. The van der Waals surface area contributed by atoms with Crippen LogP contribution in [0.5, 0.6) is 0 Å². The van der Waals surface area contributed by atoms with Crippen molar-refractivity contribution in [2.24, 2.45) is 17.3 Å². The monoisotopic (exact) mass is 254 g/mol. The van der Waals surface area contributed by atoms with Crippen LogP contribution in [0, 0.1) is 17.3 Å². The maximum Gasteiger partial charge on any atom is -0.00306 e. The van der Waals surface area contributed by atoms with Gasteiger partial charge < -0.3 is 0 Å². The van der Waals surface area contributed by atoms with Gasteiger partial charge in [0.25, 0.3) is 0 Å². The Bertz CT molecular complexity index is 478. The van der Waals surface area contributed by atoms with Crippen LogP contribution in [0.25, 0.3) is 0 Å². The summed E-state index contributed by atoms with van der Waals surface area (Å²) < 4.78 is 0. The molecule has 2 aliphatic carbocycles. The molecule has 0 aliphatic heterocycles. The molecule has 2 bridgehead atoms. The molecule has 3 atom stereocenters. The molecular weight excluding hydrogens is 228 g/mol. The van der Waals surface area contributed by atoms with E-state index in [1.807, 2.05) is 0 Å². The molecule has 0 N–H and O–H groups in total. The van der Waals surface area contributed by atoms with E-state index in [4.69, 9.17) is 0 Å². The summed E-state index contributed by atoms with van der Waals surface area (Å²) in [6.45, 7) is 11.7. The van der Waals surface area contributed by atoms with E-state index < -0.39 is 0 Å². The second-order valence-corrected chi connectivity index (χ2v) is 7.77. The zero-order valence-electron chi connectivity index (χ0n) is 12.6. The third-order valence-electron chi connectivity index (χ3n) is 5.49. The summed E-state index contributed by atoms with van der Waals surface area (Å²) in [5.41, 5.74) is 3.92. The SMILES string of the molecule is C=C1C(C)CC2(c3ccccc3)CC1CC(C)(C)C2. The highest BCUT2D eigenvalue weighted by molar-refractivity contribution is 5.32. The van der Waals surface area contributed by atoms with Gasteiger partial charge in [0.05, 0.1) is 0 Å². The minimum Gasteiger partial charge on any atom is -0.0993 e. The zero-order valence-corrected chi connectivity index (χ0v) is 12.6. The van der Waals surface area contributed by atoms with Crippen molar-refractivity contribution in [3.05, 3.63) is 48.0 Å². The molecule has 1 aromatic carbocycles. The molecule has 2 saturated carbocycles. The van der Waals surface area contributed by atoms with Gasteiger partial charge in [-0.15, -0.1) is 0 Å². The van der Waals surface area contributed by atoms with Gasteiger partial charge in [-0.3, -0.25) is 0 Å². The lowest BCUT2D eigenvalue weighted by atomic mass is 9.50. The molecule has 2 fully saturated rings.